The predicted molar refractivity (Wildman–Crippen MR) is 106 cm³/mol. The lowest BCUT2D eigenvalue weighted by molar-refractivity contribution is 0.0770. The minimum atomic E-state index is -0.340. The molecular weight excluding hydrogens is 354 g/mol. The Labute approximate surface area is 160 Å². The number of rotatable bonds is 2. The topological polar surface area (TPSA) is 83.4 Å². The van der Waals surface area contributed by atoms with Gasteiger partial charge in [-0.2, -0.15) is 0 Å². The lowest BCUT2D eigenvalue weighted by Crippen LogP contribution is -2.38. The van der Waals surface area contributed by atoms with E-state index >= 15 is 0 Å². The molecule has 28 heavy (non-hydrogen) atoms. The molecule has 1 aliphatic rings. The van der Waals surface area contributed by atoms with Gasteiger partial charge in [-0.05, 0) is 36.3 Å². The Bertz CT molecular complexity index is 1300. The quantitative estimate of drug-likeness (QED) is 0.587. The summed E-state index contributed by atoms with van der Waals surface area (Å²) in [5, 5.41) is 1.07. The van der Waals surface area contributed by atoms with Crippen LogP contribution in [0.15, 0.2) is 66.0 Å². The molecule has 1 aliphatic heterocycles. The second kappa shape index (κ2) is 6.45. The second-order valence-electron chi connectivity index (χ2n) is 6.74. The number of aromatic amines is 1. The zero-order valence-electron chi connectivity index (χ0n) is 15.0. The van der Waals surface area contributed by atoms with E-state index in [2.05, 4.69) is 15.0 Å². The number of nitrogens with one attached hydrogen (secondary N) is 1. The molecule has 0 aliphatic carbocycles. The summed E-state index contributed by atoms with van der Waals surface area (Å²) in [5.41, 5.74) is 3.43. The van der Waals surface area contributed by atoms with E-state index in [1.807, 2.05) is 24.4 Å². The number of H-pyrrole nitrogens is 1. The Hall–Kier alpha value is -3.74. The summed E-state index contributed by atoms with van der Waals surface area (Å²) in [7, 11) is 0. The second-order valence-corrected chi connectivity index (χ2v) is 6.74. The monoisotopic (exact) mass is 371 g/mol. The normalized spacial score (nSPS) is 14.4. The molecule has 1 amide bonds. The van der Waals surface area contributed by atoms with Crippen molar-refractivity contribution in [3.05, 3.63) is 82.7 Å². The first kappa shape index (κ1) is 16.4. The van der Waals surface area contributed by atoms with Crippen molar-refractivity contribution in [2.45, 2.75) is 6.42 Å². The average Bonchev–Trinajstić information content (AvgIpc) is 3.18. The highest BCUT2D eigenvalue weighted by Crippen LogP contribution is 2.28. The van der Waals surface area contributed by atoms with Gasteiger partial charge in [0.15, 0.2) is 0 Å². The van der Waals surface area contributed by atoms with Crippen molar-refractivity contribution in [3.8, 4) is 0 Å². The van der Waals surface area contributed by atoms with Gasteiger partial charge in [-0.15, -0.1) is 0 Å². The van der Waals surface area contributed by atoms with Crippen molar-refractivity contribution in [2.75, 3.05) is 13.1 Å². The zero-order valence-corrected chi connectivity index (χ0v) is 15.0. The van der Waals surface area contributed by atoms with Gasteiger partial charge in [-0.25, -0.2) is 9.97 Å². The number of carbonyl (C=O) groups excluding carboxylic acids is 1. The highest BCUT2D eigenvalue weighted by molar-refractivity contribution is 5.95. The van der Waals surface area contributed by atoms with Crippen LogP contribution in [0.1, 0.15) is 22.3 Å². The van der Waals surface area contributed by atoms with E-state index in [4.69, 9.17) is 0 Å². The Morgan fingerprint density at radius 2 is 2.07 bits per heavy atom. The third-order valence-electron chi connectivity index (χ3n) is 5.14. The van der Waals surface area contributed by atoms with Crippen molar-refractivity contribution in [3.63, 3.8) is 0 Å². The van der Waals surface area contributed by atoms with Crippen molar-refractivity contribution in [2.24, 2.45) is 0 Å². The molecule has 5 rings (SSSR count). The van der Waals surface area contributed by atoms with Crippen LogP contribution in [0.25, 0.3) is 22.3 Å². The molecule has 4 aromatic rings. The minimum absolute atomic E-state index is 0.0943. The molecule has 1 N–H and O–H groups in total. The number of carbonyl (C=O) groups is 1. The van der Waals surface area contributed by atoms with Gasteiger partial charge in [0.25, 0.3) is 11.5 Å². The molecule has 0 unspecified atom stereocenters. The van der Waals surface area contributed by atoms with Crippen LogP contribution in [0, 0.1) is 0 Å². The molecule has 0 saturated carbocycles. The number of fused-ring (bicyclic) bond motifs is 2. The first-order chi connectivity index (χ1) is 13.7. The predicted octanol–water partition coefficient (Wildman–Crippen LogP) is 2.50. The fraction of sp³-hybridized carbons (Fsp3) is 0.143. The van der Waals surface area contributed by atoms with Crippen molar-refractivity contribution < 1.29 is 4.79 Å². The fourth-order valence-corrected chi connectivity index (χ4v) is 3.66. The van der Waals surface area contributed by atoms with Gasteiger partial charge in [0.05, 0.1) is 0 Å². The molecule has 0 bridgehead atoms. The van der Waals surface area contributed by atoms with Gasteiger partial charge < -0.3 is 9.88 Å². The van der Waals surface area contributed by atoms with Gasteiger partial charge in [0.2, 0.25) is 0 Å². The molecule has 0 fully saturated rings. The van der Waals surface area contributed by atoms with Gasteiger partial charge in [-0.3, -0.25) is 14.0 Å². The summed E-state index contributed by atoms with van der Waals surface area (Å²) in [6.45, 7) is 1.01. The summed E-state index contributed by atoms with van der Waals surface area (Å²) >= 11 is 0. The SMILES string of the molecule is O=C(c1cnc2ccccn2c1=O)N1CC=C(c2c[nH]c3ncccc23)CC1. The Morgan fingerprint density at radius 3 is 2.93 bits per heavy atom. The van der Waals surface area contributed by atoms with E-state index in [1.54, 1.807) is 35.5 Å². The van der Waals surface area contributed by atoms with E-state index < -0.39 is 0 Å². The molecule has 7 nitrogen and oxygen atoms in total. The largest absolute Gasteiger partial charge is 0.346 e. The average molecular weight is 371 g/mol. The van der Waals surface area contributed by atoms with Gasteiger partial charge >= 0.3 is 0 Å². The summed E-state index contributed by atoms with van der Waals surface area (Å²) in [4.78, 5) is 39.0. The van der Waals surface area contributed by atoms with Crippen LogP contribution < -0.4 is 5.56 Å². The molecule has 0 radical (unpaired) electrons. The Morgan fingerprint density at radius 1 is 1.14 bits per heavy atom. The molecule has 0 atom stereocenters. The van der Waals surface area contributed by atoms with Crippen molar-refractivity contribution in [1.29, 1.82) is 0 Å². The van der Waals surface area contributed by atoms with E-state index in [0.29, 0.717) is 18.7 Å². The Kier molecular flexibility index (Phi) is 3.79. The summed E-state index contributed by atoms with van der Waals surface area (Å²) in [6.07, 6.45) is 9.49. The van der Waals surface area contributed by atoms with E-state index in [-0.39, 0.29) is 17.0 Å². The van der Waals surface area contributed by atoms with Crippen LogP contribution in [0.3, 0.4) is 0 Å². The van der Waals surface area contributed by atoms with E-state index in [9.17, 15) is 9.59 Å². The maximum absolute atomic E-state index is 12.9. The van der Waals surface area contributed by atoms with Crippen LogP contribution in [0.2, 0.25) is 0 Å². The van der Waals surface area contributed by atoms with E-state index in [1.165, 1.54) is 16.2 Å². The molecular formula is C21H17N5O2. The Balaban J connectivity index is 1.43. The third-order valence-corrected chi connectivity index (χ3v) is 5.14. The van der Waals surface area contributed by atoms with Crippen LogP contribution in [0.4, 0.5) is 0 Å². The van der Waals surface area contributed by atoms with Gasteiger partial charge in [0, 0.05) is 48.8 Å². The lowest BCUT2D eigenvalue weighted by atomic mass is 9.99. The fourth-order valence-electron chi connectivity index (χ4n) is 3.66. The lowest BCUT2D eigenvalue weighted by Gasteiger charge is -2.26. The smallest absolute Gasteiger partial charge is 0.270 e. The summed E-state index contributed by atoms with van der Waals surface area (Å²) < 4.78 is 1.40. The van der Waals surface area contributed by atoms with Crippen molar-refractivity contribution >= 4 is 28.2 Å². The third kappa shape index (κ3) is 2.60. The van der Waals surface area contributed by atoms with Crippen molar-refractivity contribution in [1.82, 2.24) is 24.3 Å². The summed E-state index contributed by atoms with van der Waals surface area (Å²) in [6, 6.07) is 9.24. The molecule has 5 heterocycles. The maximum atomic E-state index is 12.9. The molecule has 138 valence electrons. The number of pyridine rings is 2. The van der Waals surface area contributed by atoms with Gasteiger partial charge in [0.1, 0.15) is 16.9 Å². The number of hydrogen-bond acceptors (Lipinski definition) is 4. The van der Waals surface area contributed by atoms with Crippen LogP contribution in [-0.2, 0) is 0 Å². The van der Waals surface area contributed by atoms with Crippen LogP contribution in [0.5, 0.6) is 0 Å². The molecule has 4 aromatic heterocycles. The number of hydrogen-bond donors (Lipinski definition) is 1. The number of aromatic nitrogens is 4. The first-order valence-corrected chi connectivity index (χ1v) is 9.09. The van der Waals surface area contributed by atoms with Crippen LogP contribution >= 0.6 is 0 Å². The molecule has 7 heteroatoms. The highest BCUT2D eigenvalue weighted by atomic mass is 16.2. The van der Waals surface area contributed by atoms with E-state index in [0.717, 1.165) is 23.0 Å². The summed E-state index contributed by atoms with van der Waals surface area (Å²) in [5.74, 6) is -0.286. The molecule has 0 saturated heterocycles. The zero-order chi connectivity index (χ0) is 19.1. The molecule has 0 aromatic carbocycles. The first-order valence-electron chi connectivity index (χ1n) is 9.09. The van der Waals surface area contributed by atoms with Crippen LogP contribution in [-0.4, -0.2) is 43.2 Å². The number of amides is 1. The highest BCUT2D eigenvalue weighted by Gasteiger charge is 2.23. The maximum Gasteiger partial charge on any atom is 0.270 e. The minimum Gasteiger partial charge on any atom is -0.346 e. The number of nitrogens with zero attached hydrogens (tertiary/aromatic N) is 4. The standard InChI is InChI=1S/C21H17N5O2/c27-20(17-13-23-18-5-1-2-9-26(18)21(17)28)25-10-6-14(7-11-25)16-12-24-19-15(16)4-3-8-22-19/h1-6,8-9,12-13H,7,10-11H2,(H,22,24). The van der Waals surface area contributed by atoms with Gasteiger partial charge in [-0.1, -0.05) is 12.1 Å². The molecule has 0 spiro atoms.